The summed E-state index contributed by atoms with van der Waals surface area (Å²) in [6, 6.07) is 4.75. The lowest BCUT2D eigenvalue weighted by atomic mass is 10.1. The number of nitrogens with one attached hydrogen (secondary N) is 1. The van der Waals surface area contributed by atoms with Crippen LogP contribution in [0.15, 0.2) is 29.8 Å². The summed E-state index contributed by atoms with van der Waals surface area (Å²) in [5, 5.41) is 3.68. The maximum atomic E-state index is 12.7. The van der Waals surface area contributed by atoms with Gasteiger partial charge in [-0.25, -0.2) is 4.39 Å². The summed E-state index contributed by atoms with van der Waals surface area (Å²) >= 11 is 5.59. The number of benzene rings is 1. The quantitative estimate of drug-likeness (QED) is 0.811. The summed E-state index contributed by atoms with van der Waals surface area (Å²) in [6.07, 6.45) is 0. The third kappa shape index (κ3) is 3.48. The van der Waals surface area contributed by atoms with Gasteiger partial charge in [0.15, 0.2) is 0 Å². The Morgan fingerprint density at radius 1 is 1.57 bits per heavy atom. The zero-order valence-electron chi connectivity index (χ0n) is 8.11. The van der Waals surface area contributed by atoms with Gasteiger partial charge in [0.2, 0.25) is 0 Å². The largest absolute Gasteiger partial charge is 0.308 e. The fourth-order valence-electron chi connectivity index (χ4n) is 1.19. The van der Waals surface area contributed by atoms with Crippen molar-refractivity contribution in [1.82, 2.24) is 5.32 Å². The molecule has 1 nitrogen and oxygen atoms in total. The van der Waals surface area contributed by atoms with Gasteiger partial charge in [-0.15, -0.1) is 0 Å². The molecule has 0 heterocycles. The Hall–Kier alpha value is -0.860. The normalized spacial score (nSPS) is 10.2. The highest BCUT2D eigenvalue weighted by Crippen LogP contribution is 2.09. The van der Waals surface area contributed by atoms with Gasteiger partial charge in [-0.2, -0.15) is 0 Å². The molecule has 0 saturated heterocycles. The molecule has 0 unspecified atom stereocenters. The van der Waals surface area contributed by atoms with E-state index in [0.29, 0.717) is 18.1 Å². The third-order valence-electron chi connectivity index (χ3n) is 1.94. The Kier molecular flexibility index (Phi) is 4.11. The van der Waals surface area contributed by atoms with Gasteiger partial charge in [0.1, 0.15) is 5.82 Å². The van der Waals surface area contributed by atoms with Crippen molar-refractivity contribution in [3.63, 3.8) is 0 Å². The summed E-state index contributed by atoms with van der Waals surface area (Å²) in [5.74, 6) is -0.201. The van der Waals surface area contributed by atoms with Gasteiger partial charge in [0.05, 0.1) is 0 Å². The van der Waals surface area contributed by atoms with Crippen LogP contribution in [-0.2, 0) is 6.54 Å². The Bertz CT molecular complexity index is 336. The molecule has 0 aliphatic carbocycles. The van der Waals surface area contributed by atoms with E-state index in [-0.39, 0.29) is 5.82 Å². The van der Waals surface area contributed by atoms with Crippen LogP contribution in [0.25, 0.3) is 0 Å². The first-order chi connectivity index (χ1) is 6.59. The molecule has 0 fully saturated rings. The van der Waals surface area contributed by atoms with Gasteiger partial charge >= 0.3 is 0 Å². The van der Waals surface area contributed by atoms with Gasteiger partial charge in [0.25, 0.3) is 0 Å². The maximum Gasteiger partial charge on any atom is 0.123 e. The van der Waals surface area contributed by atoms with Crippen molar-refractivity contribution >= 4 is 11.6 Å². The molecule has 14 heavy (non-hydrogen) atoms. The fraction of sp³-hybridized carbons (Fsp3) is 0.273. The van der Waals surface area contributed by atoms with E-state index >= 15 is 0 Å². The first-order valence-electron chi connectivity index (χ1n) is 4.38. The van der Waals surface area contributed by atoms with Crippen LogP contribution in [0.3, 0.4) is 0 Å². The van der Waals surface area contributed by atoms with E-state index in [1.807, 2.05) is 6.92 Å². The summed E-state index contributed by atoms with van der Waals surface area (Å²) in [6.45, 7) is 6.70. The molecule has 0 bridgehead atoms. The number of hydrogen-bond donors (Lipinski definition) is 1. The number of rotatable bonds is 4. The Balaban J connectivity index is 2.55. The molecule has 1 N–H and O–H groups in total. The van der Waals surface area contributed by atoms with Gasteiger partial charge < -0.3 is 5.32 Å². The Morgan fingerprint density at radius 2 is 2.29 bits per heavy atom. The van der Waals surface area contributed by atoms with Crippen LogP contribution in [0.4, 0.5) is 4.39 Å². The zero-order valence-corrected chi connectivity index (χ0v) is 8.87. The van der Waals surface area contributed by atoms with Crippen molar-refractivity contribution < 1.29 is 4.39 Å². The molecule has 0 aliphatic rings. The topological polar surface area (TPSA) is 12.0 Å². The molecule has 1 aromatic rings. The molecule has 1 aromatic carbocycles. The minimum atomic E-state index is -0.201. The molecule has 3 heteroatoms. The number of aryl methyl sites for hydroxylation is 1. The first-order valence-corrected chi connectivity index (χ1v) is 4.76. The van der Waals surface area contributed by atoms with Crippen LogP contribution in [-0.4, -0.2) is 6.54 Å². The van der Waals surface area contributed by atoms with E-state index in [0.717, 1.165) is 11.1 Å². The van der Waals surface area contributed by atoms with E-state index in [1.54, 1.807) is 6.07 Å². The van der Waals surface area contributed by atoms with Gasteiger partial charge in [0, 0.05) is 18.1 Å². The zero-order chi connectivity index (χ0) is 10.6. The minimum Gasteiger partial charge on any atom is -0.308 e. The predicted molar refractivity (Wildman–Crippen MR) is 57.8 cm³/mol. The van der Waals surface area contributed by atoms with E-state index in [2.05, 4.69) is 11.9 Å². The molecule has 0 spiro atoms. The van der Waals surface area contributed by atoms with Crippen molar-refractivity contribution in [2.24, 2.45) is 0 Å². The fourth-order valence-corrected chi connectivity index (χ4v) is 1.28. The van der Waals surface area contributed by atoms with Crippen molar-refractivity contribution in [2.45, 2.75) is 13.5 Å². The average Bonchev–Trinajstić information content (AvgIpc) is 2.08. The van der Waals surface area contributed by atoms with Gasteiger partial charge in [-0.3, -0.25) is 0 Å². The lowest BCUT2D eigenvalue weighted by Crippen LogP contribution is -2.15. The molecular weight excluding hydrogens is 201 g/mol. The lowest BCUT2D eigenvalue weighted by Gasteiger charge is -2.06. The average molecular weight is 214 g/mol. The third-order valence-corrected chi connectivity index (χ3v) is 2.07. The number of hydrogen-bond acceptors (Lipinski definition) is 1. The Labute approximate surface area is 88.6 Å². The highest BCUT2D eigenvalue weighted by atomic mass is 35.5. The van der Waals surface area contributed by atoms with Crippen molar-refractivity contribution in [2.75, 3.05) is 6.54 Å². The van der Waals surface area contributed by atoms with Crippen LogP contribution < -0.4 is 5.32 Å². The minimum absolute atomic E-state index is 0.201. The highest BCUT2D eigenvalue weighted by molar-refractivity contribution is 6.29. The predicted octanol–water partition coefficient (Wildman–Crippen LogP) is 2.98. The molecule has 1 rings (SSSR count). The van der Waals surface area contributed by atoms with Crippen LogP contribution in [0.2, 0.25) is 0 Å². The lowest BCUT2D eigenvalue weighted by molar-refractivity contribution is 0.624. The molecule has 0 atom stereocenters. The van der Waals surface area contributed by atoms with Crippen molar-refractivity contribution in [1.29, 1.82) is 0 Å². The molecular formula is C11H13ClFN. The molecule has 76 valence electrons. The van der Waals surface area contributed by atoms with Crippen LogP contribution in [0.1, 0.15) is 11.1 Å². The summed E-state index contributed by atoms with van der Waals surface area (Å²) in [5.41, 5.74) is 2.02. The SMILES string of the molecule is C=C(Cl)CNCc1ccc(F)cc1C. The molecule has 0 saturated carbocycles. The van der Waals surface area contributed by atoms with E-state index in [4.69, 9.17) is 11.6 Å². The summed E-state index contributed by atoms with van der Waals surface area (Å²) < 4.78 is 12.7. The monoisotopic (exact) mass is 213 g/mol. The van der Waals surface area contributed by atoms with Crippen LogP contribution in [0, 0.1) is 12.7 Å². The smallest absolute Gasteiger partial charge is 0.123 e. The van der Waals surface area contributed by atoms with Gasteiger partial charge in [-0.05, 0) is 30.2 Å². The van der Waals surface area contributed by atoms with Crippen molar-refractivity contribution in [3.05, 3.63) is 46.8 Å². The number of halogens is 2. The summed E-state index contributed by atoms with van der Waals surface area (Å²) in [7, 11) is 0. The maximum absolute atomic E-state index is 12.7. The molecule has 0 amide bonds. The van der Waals surface area contributed by atoms with Crippen molar-refractivity contribution in [3.8, 4) is 0 Å². The molecule has 0 radical (unpaired) electrons. The van der Waals surface area contributed by atoms with E-state index < -0.39 is 0 Å². The highest BCUT2D eigenvalue weighted by Gasteiger charge is 1.99. The van der Waals surface area contributed by atoms with Crippen LogP contribution >= 0.6 is 11.6 Å². The summed E-state index contributed by atoms with van der Waals surface area (Å²) in [4.78, 5) is 0. The molecule has 0 aromatic heterocycles. The van der Waals surface area contributed by atoms with E-state index in [1.165, 1.54) is 12.1 Å². The van der Waals surface area contributed by atoms with Crippen LogP contribution in [0.5, 0.6) is 0 Å². The van der Waals surface area contributed by atoms with E-state index in [9.17, 15) is 4.39 Å². The van der Waals surface area contributed by atoms with Gasteiger partial charge in [-0.1, -0.05) is 24.2 Å². The second-order valence-corrected chi connectivity index (χ2v) is 3.73. The first kappa shape index (κ1) is 11.2. The Morgan fingerprint density at radius 3 is 2.86 bits per heavy atom. The standard InChI is InChI=1S/C11H13ClFN/c1-8-5-11(13)4-3-10(8)7-14-6-9(2)12/h3-5,14H,2,6-7H2,1H3. The second kappa shape index (κ2) is 5.13. The molecule has 0 aliphatic heterocycles. The second-order valence-electron chi connectivity index (χ2n) is 3.19.